The van der Waals surface area contributed by atoms with E-state index in [9.17, 15) is 0 Å². The molecule has 3 rings (SSSR count). The maximum Gasteiger partial charge on any atom is 0.182 e. The van der Waals surface area contributed by atoms with Gasteiger partial charge in [-0.25, -0.2) is 15.0 Å². The zero-order valence-corrected chi connectivity index (χ0v) is 11.9. The molecule has 2 aromatic rings. The minimum absolute atomic E-state index is 0.200. The van der Waals surface area contributed by atoms with Gasteiger partial charge in [-0.05, 0) is 6.42 Å². The van der Waals surface area contributed by atoms with Crippen molar-refractivity contribution in [2.24, 2.45) is 5.73 Å². The number of aromatic nitrogens is 4. The number of hydrogen-bond donors (Lipinski definition) is 1. The van der Waals surface area contributed by atoms with Crippen LogP contribution in [0.2, 0.25) is 0 Å². The minimum Gasteiger partial charge on any atom is -0.378 e. The van der Waals surface area contributed by atoms with Crippen LogP contribution in [-0.2, 0) is 11.3 Å². The predicted molar refractivity (Wildman–Crippen MR) is 78.6 cm³/mol. The van der Waals surface area contributed by atoms with Crippen LogP contribution < -0.4 is 10.6 Å². The van der Waals surface area contributed by atoms with Crippen molar-refractivity contribution in [3.05, 3.63) is 30.4 Å². The van der Waals surface area contributed by atoms with Crippen LogP contribution in [0.4, 0.5) is 5.82 Å². The molecule has 0 bridgehead atoms. The standard InChI is InChI=1S/C14H18N6O/c1-21-9-11-6-13(20-5-2-10(15)8-20)19-14(18-11)12-7-16-3-4-17-12/h3-4,6-7,10H,2,5,8-9,15H2,1H3. The van der Waals surface area contributed by atoms with Crippen LogP contribution in [-0.4, -0.2) is 46.2 Å². The Balaban J connectivity index is 1.98. The topological polar surface area (TPSA) is 90.1 Å². The lowest BCUT2D eigenvalue weighted by atomic mass is 10.3. The van der Waals surface area contributed by atoms with E-state index in [0.29, 0.717) is 18.1 Å². The quantitative estimate of drug-likeness (QED) is 0.881. The molecule has 0 radical (unpaired) electrons. The van der Waals surface area contributed by atoms with Crippen molar-refractivity contribution < 1.29 is 4.74 Å². The van der Waals surface area contributed by atoms with E-state index in [-0.39, 0.29) is 6.04 Å². The molecule has 0 aromatic carbocycles. The fourth-order valence-corrected chi connectivity index (χ4v) is 2.39. The number of rotatable bonds is 4. The smallest absolute Gasteiger partial charge is 0.182 e. The van der Waals surface area contributed by atoms with Crippen LogP contribution in [0, 0.1) is 0 Å². The van der Waals surface area contributed by atoms with Crippen LogP contribution >= 0.6 is 0 Å². The first-order valence-corrected chi connectivity index (χ1v) is 6.90. The fraction of sp³-hybridized carbons (Fsp3) is 0.429. The Bertz CT molecular complexity index is 606. The summed E-state index contributed by atoms with van der Waals surface area (Å²) in [7, 11) is 1.65. The van der Waals surface area contributed by atoms with E-state index in [2.05, 4.69) is 24.8 Å². The van der Waals surface area contributed by atoms with Gasteiger partial charge in [0.25, 0.3) is 0 Å². The number of ether oxygens (including phenoxy) is 1. The third-order valence-corrected chi connectivity index (χ3v) is 3.40. The summed E-state index contributed by atoms with van der Waals surface area (Å²) in [5.41, 5.74) is 7.45. The zero-order chi connectivity index (χ0) is 14.7. The Kier molecular flexibility index (Phi) is 4.03. The first-order chi connectivity index (χ1) is 10.3. The summed E-state index contributed by atoms with van der Waals surface area (Å²) in [6, 6.07) is 2.15. The van der Waals surface area contributed by atoms with Crippen LogP contribution in [0.5, 0.6) is 0 Å². The SMILES string of the molecule is COCc1cc(N2CCC(N)C2)nc(-c2cnccn2)n1. The summed E-state index contributed by atoms with van der Waals surface area (Å²) in [6.07, 6.45) is 5.89. The average Bonchev–Trinajstić information content (AvgIpc) is 2.95. The molecule has 2 N–H and O–H groups in total. The molecule has 7 nitrogen and oxygen atoms in total. The highest BCUT2D eigenvalue weighted by molar-refractivity contribution is 5.53. The molecule has 0 saturated carbocycles. The molecule has 1 aliphatic heterocycles. The molecular formula is C14H18N6O. The highest BCUT2D eigenvalue weighted by Crippen LogP contribution is 2.21. The lowest BCUT2D eigenvalue weighted by Crippen LogP contribution is -2.27. The number of nitrogens with two attached hydrogens (primary N) is 1. The zero-order valence-electron chi connectivity index (χ0n) is 11.9. The molecule has 2 aromatic heterocycles. The summed E-state index contributed by atoms with van der Waals surface area (Å²) in [6.45, 7) is 2.15. The number of anilines is 1. The summed E-state index contributed by atoms with van der Waals surface area (Å²) >= 11 is 0. The Morgan fingerprint density at radius 3 is 2.95 bits per heavy atom. The molecule has 1 saturated heterocycles. The Hall–Kier alpha value is -2.12. The van der Waals surface area contributed by atoms with E-state index in [4.69, 9.17) is 10.5 Å². The van der Waals surface area contributed by atoms with Gasteiger partial charge < -0.3 is 15.4 Å². The largest absolute Gasteiger partial charge is 0.378 e. The van der Waals surface area contributed by atoms with Gasteiger partial charge in [0.15, 0.2) is 5.82 Å². The van der Waals surface area contributed by atoms with Crippen LogP contribution in [0.1, 0.15) is 12.1 Å². The summed E-state index contributed by atoms with van der Waals surface area (Å²) in [5.74, 6) is 1.43. The summed E-state index contributed by atoms with van der Waals surface area (Å²) in [5, 5.41) is 0. The van der Waals surface area contributed by atoms with Crippen LogP contribution in [0.25, 0.3) is 11.5 Å². The molecular weight excluding hydrogens is 268 g/mol. The molecule has 0 spiro atoms. The molecule has 7 heteroatoms. The molecule has 1 unspecified atom stereocenters. The van der Waals surface area contributed by atoms with Crippen molar-refractivity contribution in [3.63, 3.8) is 0 Å². The van der Waals surface area contributed by atoms with Gasteiger partial charge >= 0.3 is 0 Å². The van der Waals surface area contributed by atoms with Crippen LogP contribution in [0.15, 0.2) is 24.7 Å². The summed E-state index contributed by atoms with van der Waals surface area (Å²) < 4.78 is 5.19. The van der Waals surface area contributed by atoms with Gasteiger partial charge in [0, 0.05) is 44.7 Å². The molecule has 0 aliphatic carbocycles. The number of hydrogen-bond acceptors (Lipinski definition) is 7. The molecule has 1 fully saturated rings. The lowest BCUT2D eigenvalue weighted by Gasteiger charge is -2.18. The number of nitrogens with zero attached hydrogens (tertiary/aromatic N) is 5. The van der Waals surface area contributed by atoms with Gasteiger partial charge in [-0.2, -0.15) is 0 Å². The third-order valence-electron chi connectivity index (χ3n) is 3.40. The van der Waals surface area contributed by atoms with E-state index in [1.807, 2.05) is 6.07 Å². The summed E-state index contributed by atoms with van der Waals surface area (Å²) in [4.78, 5) is 19.6. The normalized spacial score (nSPS) is 18.2. The minimum atomic E-state index is 0.200. The molecule has 0 amide bonds. The first-order valence-electron chi connectivity index (χ1n) is 6.90. The molecule has 110 valence electrons. The second-order valence-electron chi connectivity index (χ2n) is 5.06. The maximum atomic E-state index is 5.98. The Morgan fingerprint density at radius 2 is 2.29 bits per heavy atom. The Labute approximate surface area is 123 Å². The van der Waals surface area contributed by atoms with Crippen molar-refractivity contribution in [2.45, 2.75) is 19.1 Å². The predicted octanol–water partition coefficient (Wildman–Crippen LogP) is 0.617. The molecule has 1 aliphatic rings. The van der Waals surface area contributed by atoms with E-state index < -0.39 is 0 Å². The van der Waals surface area contributed by atoms with E-state index >= 15 is 0 Å². The van der Waals surface area contributed by atoms with Gasteiger partial charge in [0.2, 0.25) is 0 Å². The van der Waals surface area contributed by atoms with E-state index in [0.717, 1.165) is 31.0 Å². The first kappa shape index (κ1) is 13.8. The second kappa shape index (κ2) is 6.11. The Morgan fingerprint density at radius 1 is 1.38 bits per heavy atom. The van der Waals surface area contributed by atoms with Crippen molar-refractivity contribution >= 4 is 5.82 Å². The maximum absolute atomic E-state index is 5.98. The van der Waals surface area contributed by atoms with Crippen molar-refractivity contribution in [3.8, 4) is 11.5 Å². The van der Waals surface area contributed by atoms with Gasteiger partial charge in [0.1, 0.15) is 11.5 Å². The van der Waals surface area contributed by atoms with Gasteiger partial charge in [-0.1, -0.05) is 0 Å². The monoisotopic (exact) mass is 286 g/mol. The fourth-order valence-electron chi connectivity index (χ4n) is 2.39. The van der Waals surface area contributed by atoms with Crippen molar-refractivity contribution in [1.82, 2.24) is 19.9 Å². The lowest BCUT2D eigenvalue weighted by molar-refractivity contribution is 0.181. The van der Waals surface area contributed by atoms with E-state index in [1.165, 1.54) is 0 Å². The van der Waals surface area contributed by atoms with E-state index in [1.54, 1.807) is 25.7 Å². The average molecular weight is 286 g/mol. The molecule has 1 atom stereocenters. The highest BCUT2D eigenvalue weighted by atomic mass is 16.5. The van der Waals surface area contributed by atoms with Gasteiger partial charge in [-0.3, -0.25) is 4.98 Å². The van der Waals surface area contributed by atoms with Gasteiger partial charge in [-0.15, -0.1) is 0 Å². The number of methoxy groups -OCH3 is 1. The molecule has 21 heavy (non-hydrogen) atoms. The van der Waals surface area contributed by atoms with Crippen molar-refractivity contribution in [2.75, 3.05) is 25.1 Å². The van der Waals surface area contributed by atoms with Crippen molar-refractivity contribution in [1.29, 1.82) is 0 Å². The van der Waals surface area contributed by atoms with Crippen LogP contribution in [0.3, 0.4) is 0 Å². The molecule has 3 heterocycles. The third kappa shape index (κ3) is 3.14. The van der Waals surface area contributed by atoms with Gasteiger partial charge in [0.05, 0.1) is 18.5 Å². The highest BCUT2D eigenvalue weighted by Gasteiger charge is 2.21. The second-order valence-corrected chi connectivity index (χ2v) is 5.06.